The summed E-state index contributed by atoms with van der Waals surface area (Å²) >= 11 is 6.39. The maximum absolute atomic E-state index is 13.2. The van der Waals surface area contributed by atoms with Crippen molar-refractivity contribution < 1.29 is 28.5 Å². The summed E-state index contributed by atoms with van der Waals surface area (Å²) in [6.07, 6.45) is -0.362. The Morgan fingerprint density at radius 1 is 1.03 bits per heavy atom. The molecule has 1 aliphatic heterocycles. The van der Waals surface area contributed by atoms with Gasteiger partial charge in [0.1, 0.15) is 5.75 Å². The van der Waals surface area contributed by atoms with Gasteiger partial charge >= 0.3 is 12.0 Å². The largest absolute Gasteiger partial charge is 0.497 e. The molecule has 0 bridgehead atoms. The van der Waals surface area contributed by atoms with Gasteiger partial charge in [-0.3, -0.25) is 0 Å². The Kier molecular flexibility index (Phi) is 7.15. The third kappa shape index (κ3) is 4.75. The maximum atomic E-state index is 13.2. The van der Waals surface area contributed by atoms with Crippen LogP contribution in [-0.2, 0) is 9.53 Å². The predicted molar refractivity (Wildman–Crippen MR) is 120 cm³/mol. The van der Waals surface area contributed by atoms with E-state index in [1.165, 1.54) is 14.2 Å². The molecule has 2 N–H and O–H groups in total. The smallest absolute Gasteiger partial charge is 0.338 e. The first-order chi connectivity index (χ1) is 15.3. The summed E-state index contributed by atoms with van der Waals surface area (Å²) in [5.74, 6) is 0.785. The molecule has 1 aliphatic rings. The molecule has 0 aliphatic carbocycles. The van der Waals surface area contributed by atoms with Gasteiger partial charge < -0.3 is 29.6 Å². The van der Waals surface area contributed by atoms with Crippen LogP contribution in [0.15, 0.2) is 42.0 Å². The summed E-state index contributed by atoms with van der Waals surface area (Å²) in [5.41, 5.74) is 1.71. The van der Waals surface area contributed by atoms with Crippen LogP contribution in [0, 0.1) is 0 Å². The SMILES string of the molecule is COc1ccc(C2=C(C(=O)OC(C)C)C(c3cc(Cl)c(OC)c(OC)c3)NC(=O)N2)cc1. The number of nitrogens with one attached hydrogen (secondary N) is 2. The molecule has 3 rings (SSSR count). The van der Waals surface area contributed by atoms with Crippen LogP contribution in [0.1, 0.15) is 31.0 Å². The molecule has 0 radical (unpaired) electrons. The third-order valence-electron chi connectivity index (χ3n) is 4.80. The Labute approximate surface area is 191 Å². The van der Waals surface area contributed by atoms with E-state index in [4.69, 9.17) is 30.5 Å². The van der Waals surface area contributed by atoms with E-state index in [1.54, 1.807) is 57.4 Å². The van der Waals surface area contributed by atoms with Crippen LogP contribution in [0.3, 0.4) is 0 Å². The maximum Gasteiger partial charge on any atom is 0.338 e. The lowest BCUT2D eigenvalue weighted by molar-refractivity contribution is -0.143. The van der Waals surface area contributed by atoms with Crippen molar-refractivity contribution in [3.63, 3.8) is 0 Å². The third-order valence-corrected chi connectivity index (χ3v) is 5.08. The molecule has 170 valence electrons. The van der Waals surface area contributed by atoms with E-state index in [1.807, 2.05) is 0 Å². The van der Waals surface area contributed by atoms with E-state index in [0.717, 1.165) is 0 Å². The predicted octanol–water partition coefficient (Wildman–Crippen LogP) is 4.08. The number of carbonyl (C=O) groups is 2. The van der Waals surface area contributed by atoms with Crippen LogP contribution in [0.25, 0.3) is 5.70 Å². The van der Waals surface area contributed by atoms with Crippen LogP contribution < -0.4 is 24.8 Å². The molecule has 1 heterocycles. The summed E-state index contributed by atoms with van der Waals surface area (Å²) in [7, 11) is 4.51. The molecule has 32 heavy (non-hydrogen) atoms. The highest BCUT2D eigenvalue weighted by atomic mass is 35.5. The average Bonchev–Trinajstić information content (AvgIpc) is 2.77. The van der Waals surface area contributed by atoms with Gasteiger partial charge in [0.15, 0.2) is 11.5 Å². The van der Waals surface area contributed by atoms with E-state index in [0.29, 0.717) is 34.1 Å². The molecule has 0 spiro atoms. The highest BCUT2D eigenvalue weighted by Crippen LogP contribution is 2.41. The summed E-state index contributed by atoms with van der Waals surface area (Å²) in [4.78, 5) is 25.8. The molecule has 1 unspecified atom stereocenters. The molecular formula is C23H25ClN2O6. The number of urea groups is 1. The molecule has 0 saturated heterocycles. The molecule has 2 amide bonds. The monoisotopic (exact) mass is 460 g/mol. The van der Waals surface area contributed by atoms with Crippen LogP contribution in [0.5, 0.6) is 17.2 Å². The Morgan fingerprint density at radius 3 is 2.28 bits per heavy atom. The topological polar surface area (TPSA) is 95.1 Å². The number of amides is 2. The standard InChI is InChI=1S/C23H25ClN2O6/c1-12(2)32-22(27)18-19(13-6-8-15(29-3)9-7-13)25-23(28)26-20(18)14-10-16(24)21(31-5)17(11-14)30-4/h6-12,20H,1-5H3,(H2,25,26,28). The minimum Gasteiger partial charge on any atom is -0.497 e. The van der Waals surface area contributed by atoms with Crippen molar-refractivity contribution >= 4 is 29.3 Å². The average molecular weight is 461 g/mol. The van der Waals surface area contributed by atoms with Crippen molar-refractivity contribution in [2.45, 2.75) is 26.0 Å². The van der Waals surface area contributed by atoms with Gasteiger partial charge in [-0.1, -0.05) is 11.6 Å². The fourth-order valence-corrected chi connectivity index (χ4v) is 3.70. The van der Waals surface area contributed by atoms with E-state index in [2.05, 4.69) is 10.6 Å². The second-order valence-electron chi connectivity index (χ2n) is 7.24. The second kappa shape index (κ2) is 9.82. The van der Waals surface area contributed by atoms with Gasteiger partial charge in [-0.05, 0) is 61.4 Å². The highest BCUT2D eigenvalue weighted by Gasteiger charge is 2.35. The number of hydrogen-bond acceptors (Lipinski definition) is 6. The van der Waals surface area contributed by atoms with Crippen LogP contribution in [0.2, 0.25) is 5.02 Å². The number of ether oxygens (including phenoxy) is 4. The second-order valence-corrected chi connectivity index (χ2v) is 7.65. The number of benzene rings is 2. The van der Waals surface area contributed by atoms with Crippen LogP contribution in [-0.4, -0.2) is 39.4 Å². The lowest BCUT2D eigenvalue weighted by Gasteiger charge is -2.30. The quantitative estimate of drug-likeness (QED) is 0.604. The van der Waals surface area contributed by atoms with E-state index >= 15 is 0 Å². The first-order valence-corrected chi connectivity index (χ1v) is 10.2. The summed E-state index contributed by atoms with van der Waals surface area (Å²) in [5, 5.41) is 5.80. The van der Waals surface area contributed by atoms with Crippen molar-refractivity contribution in [1.82, 2.24) is 10.6 Å². The van der Waals surface area contributed by atoms with Crippen LogP contribution in [0.4, 0.5) is 4.79 Å². The molecule has 0 fully saturated rings. The molecular weight excluding hydrogens is 436 g/mol. The minimum absolute atomic E-state index is 0.228. The number of halogens is 1. The first kappa shape index (κ1) is 23.3. The summed E-state index contributed by atoms with van der Waals surface area (Å²) in [6, 6.07) is 8.94. The normalized spacial score (nSPS) is 15.7. The van der Waals surface area contributed by atoms with Gasteiger partial charge in [0.25, 0.3) is 0 Å². The molecule has 8 nitrogen and oxygen atoms in total. The Hall–Kier alpha value is -3.39. The van der Waals surface area contributed by atoms with Gasteiger partial charge in [0, 0.05) is 0 Å². The van der Waals surface area contributed by atoms with Crippen LogP contribution >= 0.6 is 11.6 Å². The number of carbonyl (C=O) groups excluding carboxylic acids is 2. The molecule has 0 aromatic heterocycles. The number of hydrogen-bond donors (Lipinski definition) is 2. The zero-order chi connectivity index (χ0) is 23.4. The zero-order valence-electron chi connectivity index (χ0n) is 18.4. The van der Waals surface area contributed by atoms with Crippen molar-refractivity contribution in [3.8, 4) is 17.2 Å². The Morgan fingerprint density at radius 2 is 1.72 bits per heavy atom. The van der Waals surface area contributed by atoms with Crippen molar-refractivity contribution in [3.05, 3.63) is 58.1 Å². The Bertz CT molecular complexity index is 1050. The van der Waals surface area contributed by atoms with E-state index in [9.17, 15) is 9.59 Å². The van der Waals surface area contributed by atoms with Crippen molar-refractivity contribution in [2.24, 2.45) is 0 Å². The van der Waals surface area contributed by atoms with Gasteiger partial charge in [-0.2, -0.15) is 0 Å². The molecule has 1 atom stereocenters. The first-order valence-electron chi connectivity index (χ1n) is 9.87. The van der Waals surface area contributed by atoms with Gasteiger partial charge in [0.05, 0.1) is 49.8 Å². The number of esters is 1. The molecule has 2 aromatic rings. The highest BCUT2D eigenvalue weighted by molar-refractivity contribution is 6.32. The zero-order valence-corrected chi connectivity index (χ0v) is 19.2. The van der Waals surface area contributed by atoms with Crippen molar-refractivity contribution in [2.75, 3.05) is 21.3 Å². The number of rotatable bonds is 7. The lowest BCUT2D eigenvalue weighted by Crippen LogP contribution is -2.45. The molecule has 2 aromatic carbocycles. The number of methoxy groups -OCH3 is 3. The molecule has 9 heteroatoms. The fraction of sp³-hybridized carbons (Fsp3) is 0.304. The summed E-state index contributed by atoms with van der Waals surface area (Å²) in [6.45, 7) is 3.51. The van der Waals surface area contributed by atoms with E-state index in [-0.39, 0.29) is 16.7 Å². The lowest BCUT2D eigenvalue weighted by atomic mass is 9.92. The minimum atomic E-state index is -0.843. The molecule has 0 saturated carbocycles. The van der Waals surface area contributed by atoms with Gasteiger partial charge in [-0.15, -0.1) is 0 Å². The summed E-state index contributed by atoms with van der Waals surface area (Å²) < 4.78 is 21.4. The van der Waals surface area contributed by atoms with E-state index < -0.39 is 18.0 Å². The fourth-order valence-electron chi connectivity index (χ4n) is 3.40. The van der Waals surface area contributed by atoms with Gasteiger partial charge in [-0.25, -0.2) is 9.59 Å². The Balaban J connectivity index is 2.21. The van der Waals surface area contributed by atoms with Gasteiger partial charge in [0.2, 0.25) is 0 Å². The van der Waals surface area contributed by atoms with Crippen molar-refractivity contribution in [1.29, 1.82) is 0 Å².